The molecule has 1 unspecified atom stereocenters. The molecule has 0 aromatic carbocycles. The number of hydrogen-bond donors (Lipinski definition) is 2. The topological polar surface area (TPSA) is 45.2 Å². The Hall–Kier alpha value is -0.930. The van der Waals surface area contributed by atoms with Crippen molar-refractivity contribution in [2.75, 3.05) is 6.54 Å². The summed E-state index contributed by atoms with van der Waals surface area (Å²) in [4.78, 5) is 4.11. The predicted molar refractivity (Wildman–Crippen MR) is 68.8 cm³/mol. The first-order valence-electron chi connectivity index (χ1n) is 6.53. The minimum atomic E-state index is -0.455. The van der Waals surface area contributed by atoms with Crippen LogP contribution in [0.2, 0.25) is 0 Å². The molecule has 0 radical (unpaired) electrons. The molecule has 3 nitrogen and oxygen atoms in total. The van der Waals surface area contributed by atoms with Gasteiger partial charge in [0.25, 0.3) is 0 Å². The molecule has 1 aromatic heterocycles. The van der Waals surface area contributed by atoms with Crippen LogP contribution in [-0.2, 0) is 6.42 Å². The van der Waals surface area contributed by atoms with Crippen molar-refractivity contribution in [3.63, 3.8) is 0 Å². The molecule has 17 heavy (non-hydrogen) atoms. The van der Waals surface area contributed by atoms with Crippen molar-refractivity contribution in [2.45, 2.75) is 50.7 Å². The van der Waals surface area contributed by atoms with Gasteiger partial charge in [-0.3, -0.25) is 4.98 Å². The van der Waals surface area contributed by atoms with E-state index in [-0.39, 0.29) is 0 Å². The molecule has 1 saturated carbocycles. The van der Waals surface area contributed by atoms with Crippen LogP contribution in [0.15, 0.2) is 24.5 Å². The Bertz CT molecular complexity index is 333. The summed E-state index contributed by atoms with van der Waals surface area (Å²) in [7, 11) is 0. The number of nitrogens with one attached hydrogen (secondary N) is 1. The van der Waals surface area contributed by atoms with Crippen molar-refractivity contribution in [1.82, 2.24) is 10.3 Å². The maximum absolute atomic E-state index is 10.2. The summed E-state index contributed by atoms with van der Waals surface area (Å²) in [6, 6.07) is 4.44. The van der Waals surface area contributed by atoms with E-state index in [0.29, 0.717) is 12.6 Å². The number of hydrogen-bond acceptors (Lipinski definition) is 3. The second-order valence-electron chi connectivity index (χ2n) is 5.28. The molecular weight excluding hydrogens is 212 g/mol. The summed E-state index contributed by atoms with van der Waals surface area (Å²) in [5.41, 5.74) is 0.786. The highest BCUT2D eigenvalue weighted by Gasteiger charge is 2.30. The first-order chi connectivity index (χ1) is 8.18. The Balaban J connectivity index is 1.76. The van der Waals surface area contributed by atoms with Crippen molar-refractivity contribution < 1.29 is 5.11 Å². The summed E-state index contributed by atoms with van der Waals surface area (Å²) < 4.78 is 0. The number of aliphatic hydroxyl groups is 1. The monoisotopic (exact) mass is 234 g/mol. The van der Waals surface area contributed by atoms with Gasteiger partial charge in [0.2, 0.25) is 0 Å². The van der Waals surface area contributed by atoms with E-state index in [9.17, 15) is 5.11 Å². The zero-order valence-corrected chi connectivity index (χ0v) is 10.5. The second-order valence-corrected chi connectivity index (χ2v) is 5.28. The highest BCUT2D eigenvalue weighted by molar-refractivity contribution is 5.09. The number of aromatic nitrogens is 1. The van der Waals surface area contributed by atoms with Gasteiger partial charge in [0, 0.05) is 25.0 Å². The minimum absolute atomic E-state index is 0.379. The number of rotatable bonds is 5. The maximum Gasteiger partial charge on any atom is 0.0771 e. The third-order valence-electron chi connectivity index (χ3n) is 3.58. The van der Waals surface area contributed by atoms with E-state index in [0.717, 1.165) is 32.1 Å². The fourth-order valence-corrected chi connectivity index (χ4v) is 2.52. The number of nitrogens with zero attached hydrogens (tertiary/aromatic N) is 1. The van der Waals surface area contributed by atoms with Crippen LogP contribution in [0.3, 0.4) is 0 Å². The van der Waals surface area contributed by atoms with Gasteiger partial charge >= 0.3 is 0 Å². The first-order valence-corrected chi connectivity index (χ1v) is 6.53. The van der Waals surface area contributed by atoms with Crippen LogP contribution in [0, 0.1) is 0 Å². The molecule has 1 atom stereocenters. The van der Waals surface area contributed by atoms with E-state index >= 15 is 0 Å². The van der Waals surface area contributed by atoms with Gasteiger partial charge in [-0.2, -0.15) is 0 Å². The van der Waals surface area contributed by atoms with Crippen LogP contribution < -0.4 is 5.32 Å². The van der Waals surface area contributed by atoms with Gasteiger partial charge in [-0.1, -0.05) is 18.9 Å². The molecule has 1 heterocycles. The summed E-state index contributed by atoms with van der Waals surface area (Å²) in [6.45, 7) is 2.87. The lowest BCUT2D eigenvalue weighted by atomic mass is 10.0. The van der Waals surface area contributed by atoms with Gasteiger partial charge in [0.1, 0.15) is 0 Å². The standard InChI is InChI=1S/C14H22N2O/c1-12(9-13-5-4-8-15-10-13)16-11-14(17)6-2-3-7-14/h4-5,8,10,12,16-17H,2-3,6-7,9,11H2,1H3. The highest BCUT2D eigenvalue weighted by Crippen LogP contribution is 2.28. The Morgan fingerprint density at radius 2 is 2.24 bits per heavy atom. The molecule has 94 valence electrons. The smallest absolute Gasteiger partial charge is 0.0771 e. The summed E-state index contributed by atoms with van der Waals surface area (Å²) >= 11 is 0. The SMILES string of the molecule is CC(Cc1cccnc1)NCC1(O)CCCC1. The zero-order chi connectivity index (χ0) is 12.1. The van der Waals surface area contributed by atoms with Crippen LogP contribution >= 0.6 is 0 Å². The van der Waals surface area contributed by atoms with Gasteiger partial charge in [-0.25, -0.2) is 0 Å². The molecule has 0 saturated heterocycles. The van der Waals surface area contributed by atoms with Crippen LogP contribution in [0.1, 0.15) is 38.2 Å². The Labute approximate surface area is 103 Å². The normalized spacial score (nSPS) is 20.4. The zero-order valence-electron chi connectivity index (χ0n) is 10.5. The van der Waals surface area contributed by atoms with Gasteiger partial charge in [0.05, 0.1) is 5.60 Å². The van der Waals surface area contributed by atoms with Crippen molar-refractivity contribution in [2.24, 2.45) is 0 Å². The lowest BCUT2D eigenvalue weighted by molar-refractivity contribution is 0.0454. The molecule has 0 spiro atoms. The average Bonchev–Trinajstić information content (AvgIpc) is 2.76. The second kappa shape index (κ2) is 5.61. The minimum Gasteiger partial charge on any atom is -0.389 e. The molecule has 0 amide bonds. The van der Waals surface area contributed by atoms with Crippen LogP contribution in [0.5, 0.6) is 0 Å². The Kier molecular flexibility index (Phi) is 4.13. The van der Waals surface area contributed by atoms with Crippen molar-refractivity contribution in [3.05, 3.63) is 30.1 Å². The predicted octanol–water partition coefficient (Wildman–Crippen LogP) is 1.91. The number of pyridine rings is 1. The molecule has 2 N–H and O–H groups in total. The highest BCUT2D eigenvalue weighted by atomic mass is 16.3. The van der Waals surface area contributed by atoms with Gasteiger partial charge in [-0.15, -0.1) is 0 Å². The average molecular weight is 234 g/mol. The first kappa shape index (κ1) is 12.5. The fraction of sp³-hybridized carbons (Fsp3) is 0.643. The van der Waals surface area contributed by atoms with Crippen LogP contribution in [0.25, 0.3) is 0 Å². The fourth-order valence-electron chi connectivity index (χ4n) is 2.52. The third-order valence-corrected chi connectivity index (χ3v) is 3.58. The van der Waals surface area contributed by atoms with E-state index in [1.54, 1.807) is 6.20 Å². The summed E-state index contributed by atoms with van der Waals surface area (Å²) in [5, 5.41) is 13.7. The third kappa shape index (κ3) is 3.79. The molecule has 1 aliphatic rings. The van der Waals surface area contributed by atoms with E-state index in [1.165, 1.54) is 5.56 Å². The van der Waals surface area contributed by atoms with Crippen LogP contribution in [0.4, 0.5) is 0 Å². The summed E-state index contributed by atoms with van der Waals surface area (Å²) in [6.07, 6.45) is 8.87. The lowest BCUT2D eigenvalue weighted by Crippen LogP contribution is -2.42. The molecule has 2 rings (SSSR count). The largest absolute Gasteiger partial charge is 0.389 e. The van der Waals surface area contributed by atoms with E-state index < -0.39 is 5.60 Å². The van der Waals surface area contributed by atoms with Gasteiger partial charge in [0.15, 0.2) is 0 Å². The van der Waals surface area contributed by atoms with E-state index in [1.807, 2.05) is 12.3 Å². The van der Waals surface area contributed by atoms with Gasteiger partial charge < -0.3 is 10.4 Å². The van der Waals surface area contributed by atoms with E-state index in [4.69, 9.17) is 0 Å². The molecule has 0 bridgehead atoms. The van der Waals surface area contributed by atoms with E-state index in [2.05, 4.69) is 23.3 Å². The Morgan fingerprint density at radius 3 is 2.88 bits per heavy atom. The van der Waals surface area contributed by atoms with Crippen molar-refractivity contribution in [1.29, 1.82) is 0 Å². The lowest BCUT2D eigenvalue weighted by Gasteiger charge is -2.25. The molecular formula is C14H22N2O. The van der Waals surface area contributed by atoms with Crippen molar-refractivity contribution >= 4 is 0 Å². The Morgan fingerprint density at radius 1 is 1.47 bits per heavy atom. The van der Waals surface area contributed by atoms with Gasteiger partial charge in [-0.05, 0) is 37.8 Å². The molecule has 3 heteroatoms. The van der Waals surface area contributed by atoms with Crippen LogP contribution in [-0.4, -0.2) is 28.3 Å². The molecule has 0 aliphatic heterocycles. The quantitative estimate of drug-likeness (QED) is 0.818. The molecule has 1 aliphatic carbocycles. The maximum atomic E-state index is 10.2. The van der Waals surface area contributed by atoms with Crippen molar-refractivity contribution in [3.8, 4) is 0 Å². The molecule has 1 fully saturated rings. The molecule has 1 aromatic rings. The summed E-state index contributed by atoms with van der Waals surface area (Å²) in [5.74, 6) is 0.